The van der Waals surface area contributed by atoms with Gasteiger partial charge in [0.1, 0.15) is 17.1 Å². The lowest BCUT2D eigenvalue weighted by atomic mass is 9.89. The van der Waals surface area contributed by atoms with Crippen molar-refractivity contribution in [1.29, 1.82) is 0 Å². The van der Waals surface area contributed by atoms with Crippen molar-refractivity contribution >= 4 is 21.8 Å². The van der Waals surface area contributed by atoms with E-state index in [1.165, 1.54) is 31.0 Å². The number of carbonyl (C=O) groups is 1. The molecular weight excluding hydrogens is 310 g/mol. The number of hydrogen-bond donors (Lipinski definition) is 3. The normalized spacial score (nSPS) is 17.3. The standard InChI is InChI=1S/C14H18BrNO3/c15-8-14(6-1-2-7-14)9-16-13(19)12-10(17)4-3-5-11(12)18/h3-5,17-18H,1-2,6-9H2,(H,16,19). The van der Waals surface area contributed by atoms with Crippen LogP contribution in [0.3, 0.4) is 0 Å². The summed E-state index contributed by atoms with van der Waals surface area (Å²) in [6.45, 7) is 0.560. The number of rotatable bonds is 4. The Labute approximate surface area is 121 Å². The first-order valence-corrected chi connectivity index (χ1v) is 7.55. The van der Waals surface area contributed by atoms with Gasteiger partial charge < -0.3 is 15.5 Å². The minimum Gasteiger partial charge on any atom is -0.507 e. The summed E-state index contributed by atoms with van der Waals surface area (Å²) < 4.78 is 0. The number of amides is 1. The number of phenols is 2. The van der Waals surface area contributed by atoms with Gasteiger partial charge in [-0.05, 0) is 30.4 Å². The van der Waals surface area contributed by atoms with Crippen molar-refractivity contribution in [1.82, 2.24) is 5.32 Å². The maximum Gasteiger partial charge on any atom is 0.258 e. The van der Waals surface area contributed by atoms with Crippen LogP contribution in [-0.2, 0) is 0 Å². The monoisotopic (exact) mass is 327 g/mol. The van der Waals surface area contributed by atoms with E-state index in [-0.39, 0.29) is 22.5 Å². The molecule has 2 rings (SSSR count). The number of nitrogens with one attached hydrogen (secondary N) is 1. The van der Waals surface area contributed by atoms with Gasteiger partial charge in [-0.15, -0.1) is 0 Å². The molecule has 0 aromatic heterocycles. The van der Waals surface area contributed by atoms with Gasteiger partial charge in [-0.1, -0.05) is 34.8 Å². The summed E-state index contributed by atoms with van der Waals surface area (Å²) >= 11 is 3.52. The Morgan fingerprint density at radius 3 is 2.37 bits per heavy atom. The van der Waals surface area contributed by atoms with Gasteiger partial charge in [0.25, 0.3) is 5.91 Å². The van der Waals surface area contributed by atoms with Gasteiger partial charge in [0.15, 0.2) is 0 Å². The number of carbonyl (C=O) groups excluding carboxylic acids is 1. The van der Waals surface area contributed by atoms with E-state index in [2.05, 4.69) is 21.2 Å². The summed E-state index contributed by atoms with van der Waals surface area (Å²) in [5.41, 5.74) is 0.0561. The number of alkyl halides is 1. The van der Waals surface area contributed by atoms with Gasteiger partial charge in [-0.25, -0.2) is 0 Å². The minimum atomic E-state index is -0.428. The van der Waals surface area contributed by atoms with E-state index < -0.39 is 5.91 Å². The van der Waals surface area contributed by atoms with E-state index in [9.17, 15) is 15.0 Å². The van der Waals surface area contributed by atoms with Gasteiger partial charge in [0.2, 0.25) is 0 Å². The quantitative estimate of drug-likeness (QED) is 0.745. The summed E-state index contributed by atoms with van der Waals surface area (Å²) in [6, 6.07) is 4.29. The molecule has 0 aliphatic heterocycles. The topological polar surface area (TPSA) is 69.6 Å². The highest BCUT2D eigenvalue weighted by atomic mass is 79.9. The Hall–Kier alpha value is -1.23. The fraction of sp³-hybridized carbons (Fsp3) is 0.500. The zero-order valence-electron chi connectivity index (χ0n) is 10.7. The molecule has 1 fully saturated rings. The Morgan fingerprint density at radius 2 is 1.84 bits per heavy atom. The van der Waals surface area contributed by atoms with Crippen molar-refractivity contribution < 1.29 is 15.0 Å². The van der Waals surface area contributed by atoms with Crippen LogP contribution in [0, 0.1) is 5.41 Å². The first-order chi connectivity index (χ1) is 9.08. The van der Waals surface area contributed by atoms with Crippen LogP contribution in [-0.4, -0.2) is 28.0 Å². The molecule has 1 aromatic rings. The average Bonchev–Trinajstić information content (AvgIpc) is 2.86. The van der Waals surface area contributed by atoms with E-state index in [0.717, 1.165) is 18.2 Å². The fourth-order valence-electron chi connectivity index (χ4n) is 2.60. The molecule has 0 atom stereocenters. The largest absolute Gasteiger partial charge is 0.507 e. The SMILES string of the molecule is O=C(NCC1(CBr)CCCC1)c1c(O)cccc1O. The molecule has 1 saturated carbocycles. The molecule has 1 aromatic carbocycles. The summed E-state index contributed by atoms with van der Waals surface area (Å²) in [7, 11) is 0. The summed E-state index contributed by atoms with van der Waals surface area (Å²) in [4.78, 5) is 12.1. The lowest BCUT2D eigenvalue weighted by Gasteiger charge is -2.26. The number of hydrogen-bond acceptors (Lipinski definition) is 3. The molecule has 5 heteroatoms. The van der Waals surface area contributed by atoms with Crippen molar-refractivity contribution in [3.8, 4) is 11.5 Å². The molecular formula is C14H18BrNO3. The van der Waals surface area contributed by atoms with Crippen LogP contribution < -0.4 is 5.32 Å². The van der Waals surface area contributed by atoms with Crippen LogP contribution in [0.1, 0.15) is 36.0 Å². The van der Waals surface area contributed by atoms with Crippen LogP contribution >= 0.6 is 15.9 Å². The molecule has 1 aliphatic rings. The lowest BCUT2D eigenvalue weighted by Crippen LogP contribution is -2.37. The summed E-state index contributed by atoms with van der Waals surface area (Å²) in [6.07, 6.45) is 4.54. The second kappa shape index (κ2) is 5.82. The smallest absolute Gasteiger partial charge is 0.258 e. The highest BCUT2D eigenvalue weighted by Crippen LogP contribution is 2.39. The first kappa shape index (κ1) is 14.2. The highest BCUT2D eigenvalue weighted by molar-refractivity contribution is 9.09. The second-order valence-corrected chi connectivity index (χ2v) is 5.76. The second-order valence-electron chi connectivity index (χ2n) is 5.19. The molecule has 19 heavy (non-hydrogen) atoms. The van der Waals surface area contributed by atoms with E-state index >= 15 is 0 Å². The maximum absolute atomic E-state index is 12.1. The Kier molecular flexibility index (Phi) is 4.34. The maximum atomic E-state index is 12.1. The third kappa shape index (κ3) is 3.03. The predicted octanol–water partition coefficient (Wildman–Crippen LogP) is 2.78. The predicted molar refractivity (Wildman–Crippen MR) is 76.8 cm³/mol. The summed E-state index contributed by atoms with van der Waals surface area (Å²) in [5, 5.41) is 23.0. The van der Waals surface area contributed by atoms with Crippen molar-refractivity contribution in [2.45, 2.75) is 25.7 Å². The van der Waals surface area contributed by atoms with Gasteiger partial charge in [0.05, 0.1) is 0 Å². The molecule has 0 unspecified atom stereocenters. The van der Waals surface area contributed by atoms with Crippen molar-refractivity contribution in [3.05, 3.63) is 23.8 Å². The van der Waals surface area contributed by atoms with E-state index in [4.69, 9.17) is 0 Å². The summed E-state index contributed by atoms with van der Waals surface area (Å²) in [5.74, 6) is -0.823. The highest BCUT2D eigenvalue weighted by Gasteiger charge is 2.33. The van der Waals surface area contributed by atoms with E-state index in [0.29, 0.717) is 6.54 Å². The van der Waals surface area contributed by atoms with Gasteiger partial charge in [-0.3, -0.25) is 4.79 Å². The third-order valence-electron chi connectivity index (χ3n) is 3.82. The molecule has 0 bridgehead atoms. The zero-order chi connectivity index (χ0) is 13.9. The zero-order valence-corrected chi connectivity index (χ0v) is 12.2. The van der Waals surface area contributed by atoms with Crippen LogP contribution in [0.4, 0.5) is 0 Å². The van der Waals surface area contributed by atoms with Gasteiger partial charge >= 0.3 is 0 Å². The average molecular weight is 328 g/mol. The molecule has 0 saturated heterocycles. The Morgan fingerprint density at radius 1 is 1.26 bits per heavy atom. The van der Waals surface area contributed by atoms with Crippen molar-refractivity contribution in [3.63, 3.8) is 0 Å². The Balaban J connectivity index is 2.05. The molecule has 104 valence electrons. The van der Waals surface area contributed by atoms with Crippen LogP contribution in [0.5, 0.6) is 11.5 Å². The third-order valence-corrected chi connectivity index (χ3v) is 5.01. The molecule has 1 aliphatic carbocycles. The van der Waals surface area contributed by atoms with E-state index in [1.54, 1.807) is 0 Å². The number of phenolic OH excluding ortho intramolecular Hbond substituents is 2. The molecule has 0 spiro atoms. The molecule has 3 N–H and O–H groups in total. The van der Waals surface area contributed by atoms with Gasteiger partial charge in [-0.2, -0.15) is 0 Å². The van der Waals surface area contributed by atoms with Crippen molar-refractivity contribution in [2.24, 2.45) is 5.41 Å². The first-order valence-electron chi connectivity index (χ1n) is 6.43. The number of halogens is 1. The lowest BCUT2D eigenvalue weighted by molar-refractivity contribution is 0.0930. The molecule has 1 amide bonds. The fourth-order valence-corrected chi connectivity index (χ4v) is 3.36. The number of benzene rings is 1. The van der Waals surface area contributed by atoms with Crippen LogP contribution in [0.15, 0.2) is 18.2 Å². The van der Waals surface area contributed by atoms with Crippen molar-refractivity contribution in [2.75, 3.05) is 11.9 Å². The van der Waals surface area contributed by atoms with Gasteiger partial charge in [0, 0.05) is 11.9 Å². The minimum absolute atomic E-state index is 0.0507. The Bertz CT molecular complexity index is 450. The molecule has 4 nitrogen and oxygen atoms in total. The van der Waals surface area contributed by atoms with Crippen LogP contribution in [0.25, 0.3) is 0 Å². The van der Waals surface area contributed by atoms with E-state index in [1.807, 2.05) is 0 Å². The number of aromatic hydroxyl groups is 2. The van der Waals surface area contributed by atoms with Crippen LogP contribution in [0.2, 0.25) is 0 Å². The molecule has 0 heterocycles. The molecule has 0 radical (unpaired) electrons.